The lowest BCUT2D eigenvalue weighted by molar-refractivity contribution is -0.154. The quantitative estimate of drug-likeness (QED) is 0.445. The molecule has 1 saturated heterocycles. The summed E-state index contributed by atoms with van der Waals surface area (Å²) >= 11 is 0. The number of carbonyl (C=O) groups is 4. The molecule has 1 spiro atoms. The van der Waals surface area contributed by atoms with Crippen molar-refractivity contribution in [3.63, 3.8) is 0 Å². The molecule has 0 radical (unpaired) electrons. The monoisotopic (exact) mass is 318 g/mol. The zero-order valence-corrected chi connectivity index (χ0v) is 12.7. The largest absolute Gasteiger partial charge is 0.497 e. The fourth-order valence-corrected chi connectivity index (χ4v) is 3.30. The van der Waals surface area contributed by atoms with Gasteiger partial charge in [-0.1, -0.05) is 6.07 Å². The second-order valence-corrected chi connectivity index (χ2v) is 5.32. The summed E-state index contributed by atoms with van der Waals surface area (Å²) in [6, 6.07) is 4.56. The van der Waals surface area contributed by atoms with Gasteiger partial charge in [-0.3, -0.25) is 24.5 Å². The maximum atomic E-state index is 12.6. The molecule has 1 N–H and O–H groups in total. The number of nitrogens with one attached hydrogen (secondary N) is 1. The van der Waals surface area contributed by atoms with Crippen LogP contribution in [0.25, 0.3) is 0 Å². The molecule has 0 aliphatic carbocycles. The highest BCUT2D eigenvalue weighted by Crippen LogP contribution is 2.47. The van der Waals surface area contributed by atoms with Gasteiger partial charge in [0.05, 0.1) is 14.2 Å². The van der Waals surface area contributed by atoms with Crippen molar-refractivity contribution >= 4 is 23.7 Å². The smallest absolute Gasteiger partial charge is 0.321 e. The van der Waals surface area contributed by atoms with E-state index in [1.165, 1.54) is 26.3 Å². The van der Waals surface area contributed by atoms with Crippen LogP contribution in [0.15, 0.2) is 18.2 Å². The molecule has 1 fully saturated rings. The van der Waals surface area contributed by atoms with E-state index in [1.807, 2.05) is 0 Å². The summed E-state index contributed by atoms with van der Waals surface area (Å²) in [5, 5.41) is 2.13. The average Bonchev–Trinajstić information content (AvgIpc) is 2.94. The number of nitrogens with zero attached hydrogens (tertiary/aromatic N) is 1. The zero-order chi connectivity index (χ0) is 16.9. The Morgan fingerprint density at radius 3 is 2.57 bits per heavy atom. The fourth-order valence-electron chi connectivity index (χ4n) is 3.30. The molecule has 2 unspecified atom stereocenters. The van der Waals surface area contributed by atoms with Gasteiger partial charge >= 0.3 is 5.97 Å². The van der Waals surface area contributed by atoms with Crippen molar-refractivity contribution in [2.75, 3.05) is 21.3 Å². The number of benzene rings is 1. The Kier molecular flexibility index (Phi) is 3.13. The first-order valence-electron chi connectivity index (χ1n) is 6.79. The van der Waals surface area contributed by atoms with Crippen LogP contribution in [-0.4, -0.2) is 49.9 Å². The van der Waals surface area contributed by atoms with Crippen LogP contribution < -0.4 is 10.1 Å². The van der Waals surface area contributed by atoms with E-state index in [1.54, 1.807) is 6.07 Å². The van der Waals surface area contributed by atoms with Gasteiger partial charge in [-0.05, 0) is 12.1 Å². The van der Waals surface area contributed by atoms with Crippen LogP contribution in [0.4, 0.5) is 0 Å². The minimum absolute atomic E-state index is 0.214. The lowest BCUT2D eigenvalue weighted by atomic mass is 9.79. The number of hydrogen-bond acceptors (Lipinski definition) is 6. The molecule has 2 aliphatic heterocycles. The van der Waals surface area contributed by atoms with E-state index in [-0.39, 0.29) is 11.1 Å². The van der Waals surface area contributed by atoms with Gasteiger partial charge in [-0.15, -0.1) is 0 Å². The van der Waals surface area contributed by atoms with Gasteiger partial charge in [-0.25, -0.2) is 0 Å². The molecule has 1 aromatic rings. The van der Waals surface area contributed by atoms with Gasteiger partial charge in [0.15, 0.2) is 11.5 Å². The third-order valence-electron chi connectivity index (χ3n) is 4.40. The molecule has 3 rings (SSSR count). The highest BCUT2D eigenvalue weighted by molar-refractivity contribution is 6.22. The van der Waals surface area contributed by atoms with E-state index < -0.39 is 35.1 Å². The summed E-state index contributed by atoms with van der Waals surface area (Å²) < 4.78 is 9.76. The lowest BCUT2D eigenvalue weighted by Gasteiger charge is -2.32. The van der Waals surface area contributed by atoms with Gasteiger partial charge in [-0.2, -0.15) is 0 Å². The van der Waals surface area contributed by atoms with E-state index >= 15 is 0 Å². The molecule has 1 aromatic carbocycles. The van der Waals surface area contributed by atoms with Crippen molar-refractivity contribution < 1.29 is 28.7 Å². The Balaban J connectivity index is 2.29. The molecule has 2 aliphatic rings. The van der Waals surface area contributed by atoms with Crippen LogP contribution in [0.3, 0.4) is 0 Å². The van der Waals surface area contributed by atoms with Gasteiger partial charge in [0.25, 0.3) is 11.8 Å². The summed E-state index contributed by atoms with van der Waals surface area (Å²) in [5.41, 5.74) is -1.24. The number of ether oxygens (including phenoxy) is 2. The SMILES string of the molecule is COC(=O)C1C(=O)NC(=O)C12c1ccc(OC)cc1C(=O)N2C. The molecule has 0 aromatic heterocycles. The molecule has 23 heavy (non-hydrogen) atoms. The summed E-state index contributed by atoms with van der Waals surface area (Å²) in [4.78, 5) is 50.5. The van der Waals surface area contributed by atoms with Gasteiger partial charge in [0, 0.05) is 18.2 Å². The van der Waals surface area contributed by atoms with Crippen molar-refractivity contribution in [3.8, 4) is 5.75 Å². The maximum absolute atomic E-state index is 12.6. The van der Waals surface area contributed by atoms with E-state index in [0.717, 1.165) is 12.0 Å². The number of rotatable bonds is 2. The molecule has 120 valence electrons. The second kappa shape index (κ2) is 4.80. The second-order valence-electron chi connectivity index (χ2n) is 5.32. The molecule has 2 heterocycles. The van der Waals surface area contributed by atoms with Crippen LogP contribution >= 0.6 is 0 Å². The summed E-state index contributed by atoms with van der Waals surface area (Å²) in [7, 11) is 3.95. The standard InChI is InChI=1S/C15H14N2O6/c1-17-12(19)8-6-7(22-2)4-5-9(8)15(17)10(13(20)23-3)11(18)16-14(15)21/h4-6,10H,1-3H3,(H,16,18,21). The maximum Gasteiger partial charge on any atom is 0.321 e. The van der Waals surface area contributed by atoms with Crippen molar-refractivity contribution in [1.29, 1.82) is 0 Å². The molecule has 3 amide bonds. The van der Waals surface area contributed by atoms with E-state index in [9.17, 15) is 19.2 Å². The number of imide groups is 1. The van der Waals surface area contributed by atoms with E-state index in [0.29, 0.717) is 5.75 Å². The number of esters is 1. The average molecular weight is 318 g/mol. The fraction of sp³-hybridized carbons (Fsp3) is 0.333. The number of methoxy groups -OCH3 is 2. The highest BCUT2D eigenvalue weighted by atomic mass is 16.5. The molecule has 8 heteroatoms. The number of likely N-dealkylation sites (N-methyl/N-ethyl adjacent to an activating group) is 1. The first-order valence-corrected chi connectivity index (χ1v) is 6.79. The van der Waals surface area contributed by atoms with E-state index in [2.05, 4.69) is 10.1 Å². The highest BCUT2D eigenvalue weighted by Gasteiger charge is 2.67. The Hall–Kier alpha value is -2.90. The molecule has 0 saturated carbocycles. The first kappa shape index (κ1) is 15.0. The molecule has 0 bridgehead atoms. The van der Waals surface area contributed by atoms with Crippen LogP contribution in [0.5, 0.6) is 5.75 Å². The lowest BCUT2D eigenvalue weighted by Crippen LogP contribution is -2.53. The van der Waals surface area contributed by atoms with Gasteiger partial charge < -0.3 is 14.4 Å². The first-order chi connectivity index (χ1) is 10.9. The third-order valence-corrected chi connectivity index (χ3v) is 4.40. The Bertz CT molecular complexity index is 758. The summed E-state index contributed by atoms with van der Waals surface area (Å²) in [5.74, 6) is -3.89. The molecular formula is C15H14N2O6. The summed E-state index contributed by atoms with van der Waals surface area (Å²) in [6.45, 7) is 0. The van der Waals surface area contributed by atoms with Crippen molar-refractivity contribution in [3.05, 3.63) is 29.3 Å². The number of amides is 3. The minimum atomic E-state index is -1.73. The zero-order valence-electron chi connectivity index (χ0n) is 12.7. The van der Waals surface area contributed by atoms with Crippen molar-refractivity contribution in [1.82, 2.24) is 10.2 Å². The van der Waals surface area contributed by atoms with Crippen molar-refractivity contribution in [2.45, 2.75) is 5.54 Å². The minimum Gasteiger partial charge on any atom is -0.497 e. The van der Waals surface area contributed by atoms with Gasteiger partial charge in [0.1, 0.15) is 5.75 Å². The normalized spacial score (nSPS) is 25.6. The number of carbonyl (C=O) groups excluding carboxylic acids is 4. The van der Waals surface area contributed by atoms with Gasteiger partial charge in [0.2, 0.25) is 5.91 Å². The van der Waals surface area contributed by atoms with E-state index in [4.69, 9.17) is 4.74 Å². The molecule has 8 nitrogen and oxygen atoms in total. The van der Waals surface area contributed by atoms with Crippen LogP contribution in [0, 0.1) is 5.92 Å². The predicted molar refractivity (Wildman–Crippen MR) is 75.4 cm³/mol. The van der Waals surface area contributed by atoms with Crippen LogP contribution in [0.1, 0.15) is 15.9 Å². The Morgan fingerprint density at radius 2 is 1.96 bits per heavy atom. The number of hydrogen-bond donors (Lipinski definition) is 1. The number of fused-ring (bicyclic) bond motifs is 2. The Labute approximate surface area is 131 Å². The third kappa shape index (κ3) is 1.65. The molecular weight excluding hydrogens is 304 g/mol. The topological polar surface area (TPSA) is 102 Å². The Morgan fingerprint density at radius 1 is 1.26 bits per heavy atom. The van der Waals surface area contributed by atoms with Crippen LogP contribution in [0.2, 0.25) is 0 Å². The molecule has 2 atom stereocenters. The van der Waals surface area contributed by atoms with Crippen molar-refractivity contribution in [2.24, 2.45) is 5.92 Å². The van der Waals surface area contributed by atoms with Crippen LogP contribution in [-0.2, 0) is 24.7 Å². The summed E-state index contributed by atoms with van der Waals surface area (Å²) in [6.07, 6.45) is 0. The predicted octanol–water partition coefficient (Wildman–Crippen LogP) is -0.578.